The lowest BCUT2D eigenvalue weighted by molar-refractivity contribution is 0.0582. The van der Waals surface area contributed by atoms with Crippen LogP contribution in [0.3, 0.4) is 0 Å². The fourth-order valence-corrected chi connectivity index (χ4v) is 3.39. The van der Waals surface area contributed by atoms with Crippen LogP contribution >= 0.6 is 0 Å². The maximum atomic E-state index is 10.3. The molecule has 4 nitrogen and oxygen atoms in total. The molecule has 2 aromatic rings. The first-order valence-corrected chi connectivity index (χ1v) is 6.95. The first kappa shape index (κ1) is 12.6. The van der Waals surface area contributed by atoms with E-state index < -0.39 is 0 Å². The standard InChI is InChI=1S/C15H21N3O/c1-18-13-6-3-2-5-11(13)12(17-18)9-15(10-16)8-4-7-14(15)19/h2-3,5-6,14,19H,4,7-10,16H2,1H3. The zero-order valence-electron chi connectivity index (χ0n) is 11.3. The summed E-state index contributed by atoms with van der Waals surface area (Å²) < 4.78 is 1.91. The number of fused-ring (bicyclic) bond motifs is 1. The fraction of sp³-hybridized carbons (Fsp3) is 0.533. The van der Waals surface area contributed by atoms with Crippen LogP contribution in [0.25, 0.3) is 10.9 Å². The van der Waals surface area contributed by atoms with Crippen molar-refractivity contribution in [3.05, 3.63) is 30.0 Å². The van der Waals surface area contributed by atoms with E-state index in [-0.39, 0.29) is 11.5 Å². The summed E-state index contributed by atoms with van der Waals surface area (Å²) in [5.74, 6) is 0. The van der Waals surface area contributed by atoms with Gasteiger partial charge in [0.05, 0.1) is 17.3 Å². The van der Waals surface area contributed by atoms with Crippen molar-refractivity contribution in [1.82, 2.24) is 9.78 Å². The van der Waals surface area contributed by atoms with Gasteiger partial charge in [0.1, 0.15) is 0 Å². The van der Waals surface area contributed by atoms with Gasteiger partial charge in [0, 0.05) is 30.8 Å². The van der Waals surface area contributed by atoms with E-state index in [0.29, 0.717) is 6.54 Å². The van der Waals surface area contributed by atoms with E-state index >= 15 is 0 Å². The first-order chi connectivity index (χ1) is 9.16. The van der Waals surface area contributed by atoms with Gasteiger partial charge < -0.3 is 10.8 Å². The van der Waals surface area contributed by atoms with Crippen LogP contribution in [-0.4, -0.2) is 27.5 Å². The molecule has 19 heavy (non-hydrogen) atoms. The van der Waals surface area contributed by atoms with Gasteiger partial charge in [-0.05, 0) is 18.9 Å². The highest BCUT2D eigenvalue weighted by atomic mass is 16.3. The Kier molecular flexibility index (Phi) is 3.07. The number of aryl methyl sites for hydroxylation is 1. The highest BCUT2D eigenvalue weighted by Crippen LogP contribution is 2.41. The third-order valence-corrected chi connectivity index (χ3v) is 4.62. The number of para-hydroxylation sites is 1. The van der Waals surface area contributed by atoms with Crippen LogP contribution in [-0.2, 0) is 13.5 Å². The van der Waals surface area contributed by atoms with Crippen LogP contribution in [0, 0.1) is 5.41 Å². The number of nitrogens with zero attached hydrogens (tertiary/aromatic N) is 2. The van der Waals surface area contributed by atoms with Crippen molar-refractivity contribution in [3.63, 3.8) is 0 Å². The number of hydrogen-bond donors (Lipinski definition) is 2. The molecule has 0 bridgehead atoms. The van der Waals surface area contributed by atoms with E-state index in [2.05, 4.69) is 17.2 Å². The number of hydrogen-bond acceptors (Lipinski definition) is 3. The van der Waals surface area contributed by atoms with Gasteiger partial charge in [0.15, 0.2) is 0 Å². The van der Waals surface area contributed by atoms with Gasteiger partial charge >= 0.3 is 0 Å². The quantitative estimate of drug-likeness (QED) is 0.880. The van der Waals surface area contributed by atoms with Gasteiger partial charge in [-0.3, -0.25) is 4.68 Å². The Morgan fingerprint density at radius 1 is 1.47 bits per heavy atom. The lowest BCUT2D eigenvalue weighted by Gasteiger charge is -2.30. The Morgan fingerprint density at radius 3 is 2.95 bits per heavy atom. The summed E-state index contributed by atoms with van der Waals surface area (Å²) in [6, 6.07) is 8.24. The molecule has 0 aliphatic heterocycles. The van der Waals surface area contributed by atoms with Gasteiger partial charge in [0.2, 0.25) is 0 Å². The summed E-state index contributed by atoms with van der Waals surface area (Å²) in [4.78, 5) is 0. The Hall–Kier alpha value is -1.39. The summed E-state index contributed by atoms with van der Waals surface area (Å²) in [5, 5.41) is 16.1. The smallest absolute Gasteiger partial charge is 0.0710 e. The summed E-state index contributed by atoms with van der Waals surface area (Å²) in [6.07, 6.45) is 3.39. The third-order valence-electron chi connectivity index (χ3n) is 4.62. The van der Waals surface area contributed by atoms with Gasteiger partial charge in [-0.15, -0.1) is 0 Å². The molecule has 0 radical (unpaired) electrons. The van der Waals surface area contributed by atoms with Crippen molar-refractivity contribution in [3.8, 4) is 0 Å². The maximum absolute atomic E-state index is 10.3. The molecule has 102 valence electrons. The number of aliphatic hydroxyl groups excluding tert-OH is 1. The van der Waals surface area contributed by atoms with Crippen molar-refractivity contribution in [2.45, 2.75) is 31.8 Å². The minimum atomic E-state index is -0.293. The van der Waals surface area contributed by atoms with Gasteiger partial charge in [-0.2, -0.15) is 5.10 Å². The molecule has 4 heteroatoms. The number of aliphatic hydroxyl groups is 1. The minimum absolute atomic E-state index is 0.183. The molecule has 1 saturated carbocycles. The van der Waals surface area contributed by atoms with Gasteiger partial charge in [0.25, 0.3) is 0 Å². The first-order valence-electron chi connectivity index (χ1n) is 6.95. The number of nitrogens with two attached hydrogens (primary N) is 1. The zero-order valence-corrected chi connectivity index (χ0v) is 11.3. The third kappa shape index (κ3) is 1.95. The van der Waals surface area contributed by atoms with Crippen LogP contribution in [0.1, 0.15) is 25.0 Å². The van der Waals surface area contributed by atoms with E-state index in [1.165, 1.54) is 5.39 Å². The topological polar surface area (TPSA) is 64.1 Å². The Morgan fingerprint density at radius 2 is 2.26 bits per heavy atom. The summed E-state index contributed by atoms with van der Waals surface area (Å²) in [6.45, 7) is 0.527. The second kappa shape index (κ2) is 4.62. The van der Waals surface area contributed by atoms with Gasteiger partial charge in [-0.25, -0.2) is 0 Å². The van der Waals surface area contributed by atoms with Crippen molar-refractivity contribution < 1.29 is 5.11 Å². The van der Waals surface area contributed by atoms with Crippen molar-refractivity contribution in [2.75, 3.05) is 6.54 Å². The van der Waals surface area contributed by atoms with E-state index in [1.807, 2.05) is 23.9 Å². The van der Waals surface area contributed by atoms with Gasteiger partial charge in [-0.1, -0.05) is 24.6 Å². The Balaban J connectivity index is 2.01. The molecular formula is C15H21N3O. The lowest BCUT2D eigenvalue weighted by Crippen LogP contribution is -2.39. The molecule has 1 aliphatic rings. The molecule has 1 aliphatic carbocycles. The van der Waals surface area contributed by atoms with Crippen molar-refractivity contribution >= 4 is 10.9 Å². The SMILES string of the molecule is Cn1nc(CC2(CN)CCCC2O)c2ccccc21. The highest BCUT2D eigenvalue weighted by molar-refractivity contribution is 5.81. The maximum Gasteiger partial charge on any atom is 0.0710 e. The molecular weight excluding hydrogens is 238 g/mol. The Bertz CT molecular complexity index is 592. The molecule has 2 atom stereocenters. The lowest BCUT2D eigenvalue weighted by atomic mass is 9.79. The minimum Gasteiger partial charge on any atom is -0.392 e. The normalized spacial score (nSPS) is 27.2. The molecule has 1 aromatic heterocycles. The van der Waals surface area contributed by atoms with Crippen LogP contribution < -0.4 is 5.73 Å². The monoisotopic (exact) mass is 259 g/mol. The number of aromatic nitrogens is 2. The van der Waals surface area contributed by atoms with E-state index in [0.717, 1.165) is 36.9 Å². The molecule has 3 rings (SSSR count). The second-order valence-corrected chi connectivity index (χ2v) is 5.74. The van der Waals surface area contributed by atoms with E-state index in [4.69, 9.17) is 5.73 Å². The van der Waals surface area contributed by atoms with E-state index in [1.54, 1.807) is 0 Å². The predicted octanol–water partition coefficient (Wildman–Crippen LogP) is 1.61. The highest BCUT2D eigenvalue weighted by Gasteiger charge is 2.41. The predicted molar refractivity (Wildman–Crippen MR) is 75.8 cm³/mol. The molecule has 0 spiro atoms. The molecule has 3 N–H and O–H groups in total. The molecule has 1 fully saturated rings. The molecule has 0 saturated heterocycles. The van der Waals surface area contributed by atoms with Crippen LogP contribution in [0.15, 0.2) is 24.3 Å². The molecule has 1 heterocycles. The van der Waals surface area contributed by atoms with Crippen molar-refractivity contribution in [1.29, 1.82) is 0 Å². The second-order valence-electron chi connectivity index (χ2n) is 5.74. The van der Waals surface area contributed by atoms with Crippen molar-refractivity contribution in [2.24, 2.45) is 18.2 Å². The van der Waals surface area contributed by atoms with Crippen LogP contribution in [0.5, 0.6) is 0 Å². The van der Waals surface area contributed by atoms with Crippen LogP contribution in [0.2, 0.25) is 0 Å². The Labute approximate surface area is 113 Å². The molecule has 2 unspecified atom stereocenters. The zero-order chi connectivity index (χ0) is 13.5. The summed E-state index contributed by atoms with van der Waals surface area (Å²) in [5.41, 5.74) is 7.98. The average Bonchev–Trinajstić information content (AvgIpc) is 2.94. The van der Waals surface area contributed by atoms with E-state index in [9.17, 15) is 5.11 Å². The number of benzene rings is 1. The van der Waals surface area contributed by atoms with Crippen LogP contribution in [0.4, 0.5) is 0 Å². The summed E-state index contributed by atoms with van der Waals surface area (Å²) >= 11 is 0. The molecule has 0 amide bonds. The average molecular weight is 259 g/mol. The molecule has 1 aromatic carbocycles. The summed E-state index contributed by atoms with van der Waals surface area (Å²) in [7, 11) is 1.96. The fourth-order valence-electron chi connectivity index (χ4n) is 3.39. The number of rotatable bonds is 3. The largest absolute Gasteiger partial charge is 0.392 e.